The van der Waals surface area contributed by atoms with Gasteiger partial charge in [0.15, 0.2) is 5.78 Å². The summed E-state index contributed by atoms with van der Waals surface area (Å²) >= 11 is 0. The number of rotatable bonds is 8. The van der Waals surface area contributed by atoms with Crippen molar-refractivity contribution in [1.29, 1.82) is 0 Å². The molecule has 0 aliphatic heterocycles. The molecule has 0 aliphatic rings. The van der Waals surface area contributed by atoms with E-state index in [1.807, 2.05) is 0 Å². The summed E-state index contributed by atoms with van der Waals surface area (Å²) < 4.78 is 10.4. The van der Waals surface area contributed by atoms with Gasteiger partial charge in [0.25, 0.3) is 0 Å². The van der Waals surface area contributed by atoms with Gasteiger partial charge < -0.3 is 19.0 Å². The molecular weight excluding hydrogens is 360 g/mol. The lowest BCUT2D eigenvalue weighted by atomic mass is 9.99. The third-order valence-corrected chi connectivity index (χ3v) is 4.69. The SMILES string of the molecule is CCOC(=O)c1[nH]c(C)c(C(=O)[C@H](C)N(Cc2ccco2)C(=O)C(C)C)c1C. The second kappa shape index (κ2) is 8.91. The summed E-state index contributed by atoms with van der Waals surface area (Å²) in [5.41, 5.74) is 1.79. The molecule has 2 aromatic heterocycles. The van der Waals surface area contributed by atoms with Crippen LogP contribution in [0.4, 0.5) is 0 Å². The zero-order valence-electron chi connectivity index (χ0n) is 17.3. The molecule has 0 saturated carbocycles. The maximum atomic E-state index is 13.3. The third kappa shape index (κ3) is 4.35. The fourth-order valence-corrected chi connectivity index (χ4v) is 3.19. The number of esters is 1. The molecule has 1 N–H and O–H groups in total. The molecule has 0 bridgehead atoms. The van der Waals surface area contributed by atoms with Crippen molar-refractivity contribution >= 4 is 17.7 Å². The third-order valence-electron chi connectivity index (χ3n) is 4.69. The first kappa shape index (κ1) is 21.5. The summed E-state index contributed by atoms with van der Waals surface area (Å²) in [6, 6.07) is 2.79. The standard InChI is InChI=1S/C21H28N2O5/c1-7-27-21(26)18-13(4)17(14(5)22-18)19(24)15(6)23(20(25)12(2)3)11-16-9-8-10-28-16/h8-10,12,15,22H,7,11H2,1-6H3/t15-/m0/s1. The van der Waals surface area contributed by atoms with Crippen LogP contribution < -0.4 is 0 Å². The Morgan fingerprint density at radius 2 is 1.89 bits per heavy atom. The maximum absolute atomic E-state index is 13.3. The predicted molar refractivity (Wildman–Crippen MR) is 104 cm³/mol. The number of Topliss-reactive ketones (excluding diaryl/α,β-unsaturated/α-hetero) is 1. The van der Waals surface area contributed by atoms with Gasteiger partial charge in [0.05, 0.1) is 25.5 Å². The summed E-state index contributed by atoms with van der Waals surface area (Å²) in [5, 5.41) is 0. The number of amides is 1. The molecule has 0 aromatic carbocycles. The molecule has 0 radical (unpaired) electrons. The Balaban J connectivity index is 2.37. The summed E-state index contributed by atoms with van der Waals surface area (Å²) in [7, 11) is 0. The van der Waals surface area contributed by atoms with Gasteiger partial charge in [0.2, 0.25) is 5.91 Å². The second-order valence-electron chi connectivity index (χ2n) is 7.09. The number of carbonyl (C=O) groups is 3. The minimum atomic E-state index is -0.719. The van der Waals surface area contributed by atoms with Crippen molar-refractivity contribution in [3.63, 3.8) is 0 Å². The molecule has 28 heavy (non-hydrogen) atoms. The lowest BCUT2D eigenvalue weighted by Crippen LogP contribution is -2.44. The zero-order valence-corrected chi connectivity index (χ0v) is 17.3. The molecule has 0 aliphatic carbocycles. The highest BCUT2D eigenvalue weighted by atomic mass is 16.5. The van der Waals surface area contributed by atoms with Gasteiger partial charge in [-0.25, -0.2) is 4.79 Å². The second-order valence-corrected chi connectivity index (χ2v) is 7.09. The topological polar surface area (TPSA) is 92.6 Å². The Labute approximate surface area is 165 Å². The van der Waals surface area contributed by atoms with E-state index in [1.54, 1.807) is 53.7 Å². The zero-order chi connectivity index (χ0) is 21.0. The Morgan fingerprint density at radius 3 is 2.43 bits per heavy atom. The van der Waals surface area contributed by atoms with Crippen LogP contribution in [-0.4, -0.2) is 40.2 Å². The summed E-state index contributed by atoms with van der Waals surface area (Å²) in [6.07, 6.45) is 1.53. The van der Waals surface area contributed by atoms with Crippen molar-refractivity contribution in [1.82, 2.24) is 9.88 Å². The molecular formula is C21H28N2O5. The highest BCUT2D eigenvalue weighted by Gasteiger charge is 2.32. The highest BCUT2D eigenvalue weighted by molar-refractivity contribution is 6.06. The number of hydrogen-bond acceptors (Lipinski definition) is 5. The molecule has 0 unspecified atom stereocenters. The first-order valence-electron chi connectivity index (χ1n) is 9.42. The van der Waals surface area contributed by atoms with E-state index < -0.39 is 12.0 Å². The predicted octanol–water partition coefficient (Wildman–Crippen LogP) is 3.66. The van der Waals surface area contributed by atoms with E-state index in [9.17, 15) is 14.4 Å². The molecule has 2 aromatic rings. The van der Waals surface area contributed by atoms with E-state index in [4.69, 9.17) is 9.15 Å². The Kier molecular flexibility index (Phi) is 6.83. The van der Waals surface area contributed by atoms with Gasteiger partial charge in [-0.3, -0.25) is 9.59 Å². The van der Waals surface area contributed by atoms with Crippen LogP contribution in [0.1, 0.15) is 65.6 Å². The summed E-state index contributed by atoms with van der Waals surface area (Å²) in [6.45, 7) is 10.9. The minimum Gasteiger partial charge on any atom is -0.467 e. The Bertz CT molecular complexity index is 849. The molecule has 7 nitrogen and oxygen atoms in total. The van der Waals surface area contributed by atoms with Crippen LogP contribution in [0.25, 0.3) is 0 Å². The van der Waals surface area contributed by atoms with Gasteiger partial charge in [-0.2, -0.15) is 0 Å². The normalized spacial score (nSPS) is 12.1. The first-order valence-corrected chi connectivity index (χ1v) is 9.42. The van der Waals surface area contributed by atoms with Crippen LogP contribution in [0.5, 0.6) is 0 Å². The Morgan fingerprint density at radius 1 is 1.21 bits per heavy atom. The lowest BCUT2D eigenvalue weighted by Gasteiger charge is -2.29. The van der Waals surface area contributed by atoms with Crippen molar-refractivity contribution in [3.05, 3.63) is 46.7 Å². The number of nitrogens with zero attached hydrogens (tertiary/aromatic N) is 1. The van der Waals surface area contributed by atoms with E-state index in [1.165, 1.54) is 11.2 Å². The fourth-order valence-electron chi connectivity index (χ4n) is 3.19. The van der Waals surface area contributed by atoms with Crippen molar-refractivity contribution in [2.75, 3.05) is 6.61 Å². The average molecular weight is 388 g/mol. The van der Waals surface area contributed by atoms with Gasteiger partial charge in [0.1, 0.15) is 11.5 Å². The van der Waals surface area contributed by atoms with Gasteiger partial charge in [-0.05, 0) is 45.4 Å². The largest absolute Gasteiger partial charge is 0.467 e. The lowest BCUT2D eigenvalue weighted by molar-refractivity contribution is -0.136. The number of H-pyrrole nitrogens is 1. The van der Waals surface area contributed by atoms with E-state index in [2.05, 4.69) is 4.98 Å². The minimum absolute atomic E-state index is 0.145. The van der Waals surface area contributed by atoms with Crippen LogP contribution in [0.15, 0.2) is 22.8 Å². The van der Waals surface area contributed by atoms with Crippen molar-refractivity contribution < 1.29 is 23.5 Å². The van der Waals surface area contributed by atoms with E-state index in [0.717, 1.165) is 0 Å². The fraction of sp³-hybridized carbons (Fsp3) is 0.476. The van der Waals surface area contributed by atoms with Gasteiger partial charge in [-0.15, -0.1) is 0 Å². The molecule has 0 fully saturated rings. The average Bonchev–Trinajstić information content (AvgIpc) is 3.25. The van der Waals surface area contributed by atoms with E-state index >= 15 is 0 Å². The quantitative estimate of drug-likeness (QED) is 0.550. The summed E-state index contributed by atoms with van der Waals surface area (Å²) in [4.78, 5) is 42.6. The number of ether oxygens (including phenoxy) is 1. The molecule has 2 rings (SSSR count). The Hall–Kier alpha value is -2.83. The monoisotopic (exact) mass is 388 g/mol. The van der Waals surface area contributed by atoms with Gasteiger partial charge in [-0.1, -0.05) is 13.8 Å². The maximum Gasteiger partial charge on any atom is 0.355 e. The molecule has 0 spiro atoms. The number of hydrogen-bond donors (Lipinski definition) is 1. The molecule has 2 heterocycles. The smallest absolute Gasteiger partial charge is 0.355 e. The van der Waals surface area contributed by atoms with E-state index in [-0.39, 0.29) is 36.5 Å². The number of furan rings is 1. The van der Waals surface area contributed by atoms with E-state index in [0.29, 0.717) is 22.6 Å². The van der Waals surface area contributed by atoms with Crippen LogP contribution in [0.2, 0.25) is 0 Å². The van der Waals surface area contributed by atoms with Gasteiger partial charge in [0, 0.05) is 17.2 Å². The summed E-state index contributed by atoms with van der Waals surface area (Å²) in [5.74, 6) is -0.548. The molecule has 1 atom stereocenters. The number of ketones is 1. The highest BCUT2D eigenvalue weighted by Crippen LogP contribution is 2.23. The van der Waals surface area contributed by atoms with Gasteiger partial charge >= 0.3 is 5.97 Å². The molecule has 1 amide bonds. The van der Waals surface area contributed by atoms with Crippen LogP contribution in [0, 0.1) is 19.8 Å². The number of aromatic nitrogens is 1. The van der Waals surface area contributed by atoms with Crippen molar-refractivity contribution in [3.8, 4) is 0 Å². The van der Waals surface area contributed by atoms with Crippen LogP contribution >= 0.6 is 0 Å². The number of nitrogens with one attached hydrogen (secondary N) is 1. The number of carbonyl (C=O) groups excluding carboxylic acids is 3. The molecule has 0 saturated heterocycles. The van der Waals surface area contributed by atoms with Crippen molar-refractivity contribution in [2.24, 2.45) is 5.92 Å². The van der Waals surface area contributed by atoms with Crippen LogP contribution in [0.3, 0.4) is 0 Å². The van der Waals surface area contributed by atoms with Crippen LogP contribution in [-0.2, 0) is 16.1 Å². The number of aryl methyl sites for hydroxylation is 1. The molecule has 7 heteroatoms. The van der Waals surface area contributed by atoms with Crippen molar-refractivity contribution in [2.45, 2.75) is 54.1 Å². The first-order chi connectivity index (χ1) is 13.2. The molecule has 152 valence electrons. The number of aromatic amines is 1.